The molecule has 1 saturated heterocycles. The van der Waals surface area contributed by atoms with Crippen molar-refractivity contribution in [3.8, 4) is 5.75 Å². The van der Waals surface area contributed by atoms with Crippen LogP contribution in [0.4, 0.5) is 0 Å². The molecule has 0 spiro atoms. The van der Waals surface area contributed by atoms with Gasteiger partial charge in [-0.2, -0.15) is 0 Å². The van der Waals surface area contributed by atoms with Crippen LogP contribution in [-0.2, 0) is 0 Å². The van der Waals surface area contributed by atoms with Gasteiger partial charge in [-0.1, -0.05) is 12.1 Å². The zero-order valence-corrected chi connectivity index (χ0v) is 13.1. The third-order valence-electron chi connectivity index (χ3n) is 4.34. The molecule has 1 amide bonds. The van der Waals surface area contributed by atoms with Crippen molar-refractivity contribution >= 4 is 16.9 Å². The van der Waals surface area contributed by atoms with Crippen LogP contribution in [0.5, 0.6) is 5.75 Å². The predicted octanol–water partition coefficient (Wildman–Crippen LogP) is 2.51. The number of benzene rings is 1. The minimum Gasteiger partial charge on any atom is -0.493 e. The van der Waals surface area contributed by atoms with Gasteiger partial charge in [-0.05, 0) is 51.0 Å². The Labute approximate surface area is 130 Å². The number of rotatable bonds is 4. The molecule has 1 fully saturated rings. The highest BCUT2D eigenvalue weighted by Crippen LogP contribution is 2.28. The summed E-state index contributed by atoms with van der Waals surface area (Å²) < 4.78 is 10.9. The van der Waals surface area contributed by atoms with E-state index in [9.17, 15) is 4.79 Å². The number of furan rings is 1. The third-order valence-corrected chi connectivity index (χ3v) is 4.34. The maximum Gasteiger partial charge on any atom is 0.287 e. The molecule has 1 aliphatic rings. The monoisotopic (exact) mass is 302 g/mol. The Kier molecular flexibility index (Phi) is 4.34. The summed E-state index contributed by atoms with van der Waals surface area (Å²) in [5, 5.41) is 3.87. The third kappa shape index (κ3) is 3.09. The Hall–Kier alpha value is -2.01. The lowest BCUT2D eigenvalue weighted by Gasteiger charge is -2.28. The normalized spacial score (nSPS) is 16.8. The average molecular weight is 302 g/mol. The molecule has 1 aromatic heterocycles. The lowest BCUT2D eigenvalue weighted by atomic mass is 9.97. The lowest BCUT2D eigenvalue weighted by molar-refractivity contribution is 0.0913. The molecule has 1 N–H and O–H groups in total. The summed E-state index contributed by atoms with van der Waals surface area (Å²) in [5.41, 5.74) is 0.620. The van der Waals surface area contributed by atoms with Crippen LogP contribution in [0.3, 0.4) is 0 Å². The van der Waals surface area contributed by atoms with Gasteiger partial charge in [0.2, 0.25) is 0 Å². The molecule has 1 aliphatic heterocycles. The van der Waals surface area contributed by atoms with Crippen molar-refractivity contribution in [1.29, 1.82) is 0 Å². The first-order valence-electron chi connectivity index (χ1n) is 7.70. The smallest absolute Gasteiger partial charge is 0.287 e. The van der Waals surface area contributed by atoms with E-state index in [-0.39, 0.29) is 5.91 Å². The summed E-state index contributed by atoms with van der Waals surface area (Å²) in [6, 6.07) is 7.39. The minimum atomic E-state index is -0.155. The highest BCUT2D eigenvalue weighted by molar-refractivity contribution is 5.97. The van der Waals surface area contributed by atoms with Crippen LogP contribution in [0, 0.1) is 5.92 Å². The Morgan fingerprint density at radius 2 is 2.18 bits per heavy atom. The second kappa shape index (κ2) is 6.40. The number of likely N-dealkylation sites (tertiary alicyclic amines) is 1. The Morgan fingerprint density at radius 1 is 1.41 bits per heavy atom. The number of carbonyl (C=O) groups excluding carboxylic acids is 1. The van der Waals surface area contributed by atoms with E-state index in [1.54, 1.807) is 13.2 Å². The van der Waals surface area contributed by atoms with E-state index in [2.05, 4.69) is 17.3 Å². The van der Waals surface area contributed by atoms with Crippen molar-refractivity contribution in [2.45, 2.75) is 12.8 Å². The van der Waals surface area contributed by atoms with Gasteiger partial charge in [0, 0.05) is 11.9 Å². The maximum atomic E-state index is 12.3. The Balaban J connectivity index is 1.65. The van der Waals surface area contributed by atoms with Crippen molar-refractivity contribution in [3.63, 3.8) is 0 Å². The van der Waals surface area contributed by atoms with Gasteiger partial charge in [0.1, 0.15) is 0 Å². The molecular weight excluding hydrogens is 280 g/mol. The number of ether oxygens (including phenoxy) is 1. The molecule has 0 aliphatic carbocycles. The number of piperidine rings is 1. The molecule has 0 radical (unpaired) electrons. The number of nitrogens with zero attached hydrogens (tertiary/aromatic N) is 1. The fourth-order valence-electron chi connectivity index (χ4n) is 2.90. The first kappa shape index (κ1) is 14.9. The summed E-state index contributed by atoms with van der Waals surface area (Å²) >= 11 is 0. The number of nitrogens with one attached hydrogen (secondary N) is 1. The Morgan fingerprint density at radius 3 is 2.91 bits per heavy atom. The molecule has 22 heavy (non-hydrogen) atoms. The van der Waals surface area contributed by atoms with Gasteiger partial charge < -0.3 is 19.4 Å². The van der Waals surface area contributed by atoms with E-state index in [1.807, 2.05) is 18.2 Å². The highest BCUT2D eigenvalue weighted by atomic mass is 16.5. The van der Waals surface area contributed by atoms with Gasteiger partial charge in [0.25, 0.3) is 5.91 Å². The van der Waals surface area contributed by atoms with Crippen molar-refractivity contribution in [2.24, 2.45) is 5.92 Å². The SMILES string of the molecule is COc1cccc2cc(C(=O)NCC3CCN(C)CC3)oc12. The summed E-state index contributed by atoms with van der Waals surface area (Å²) in [6.45, 7) is 2.91. The summed E-state index contributed by atoms with van der Waals surface area (Å²) in [6.07, 6.45) is 2.26. The zero-order valence-electron chi connectivity index (χ0n) is 13.1. The van der Waals surface area contributed by atoms with E-state index in [4.69, 9.17) is 9.15 Å². The van der Waals surface area contributed by atoms with E-state index in [0.717, 1.165) is 31.3 Å². The minimum absolute atomic E-state index is 0.155. The summed E-state index contributed by atoms with van der Waals surface area (Å²) in [7, 11) is 3.73. The molecule has 5 heteroatoms. The van der Waals surface area contributed by atoms with Crippen LogP contribution in [0.1, 0.15) is 23.4 Å². The molecule has 0 unspecified atom stereocenters. The van der Waals surface area contributed by atoms with Crippen LogP contribution in [0.2, 0.25) is 0 Å². The number of methoxy groups -OCH3 is 1. The summed E-state index contributed by atoms with van der Waals surface area (Å²) in [5.74, 6) is 1.38. The van der Waals surface area contributed by atoms with Gasteiger partial charge in [-0.25, -0.2) is 0 Å². The van der Waals surface area contributed by atoms with Crippen LogP contribution in [-0.4, -0.2) is 44.6 Å². The van der Waals surface area contributed by atoms with Crippen molar-refractivity contribution in [1.82, 2.24) is 10.2 Å². The van der Waals surface area contributed by atoms with E-state index < -0.39 is 0 Å². The van der Waals surface area contributed by atoms with Crippen molar-refractivity contribution in [2.75, 3.05) is 33.8 Å². The van der Waals surface area contributed by atoms with Crippen LogP contribution >= 0.6 is 0 Å². The predicted molar refractivity (Wildman–Crippen MR) is 85.3 cm³/mol. The maximum absolute atomic E-state index is 12.3. The van der Waals surface area contributed by atoms with Gasteiger partial charge in [0.15, 0.2) is 17.1 Å². The van der Waals surface area contributed by atoms with E-state index in [0.29, 0.717) is 29.6 Å². The molecule has 3 rings (SSSR count). The quantitative estimate of drug-likeness (QED) is 0.943. The highest BCUT2D eigenvalue weighted by Gasteiger charge is 2.19. The van der Waals surface area contributed by atoms with Crippen molar-refractivity contribution < 1.29 is 13.9 Å². The zero-order chi connectivity index (χ0) is 15.5. The molecular formula is C17H22N2O3. The van der Waals surface area contributed by atoms with Crippen LogP contribution < -0.4 is 10.1 Å². The second-order valence-corrected chi connectivity index (χ2v) is 5.95. The first-order valence-corrected chi connectivity index (χ1v) is 7.70. The van der Waals surface area contributed by atoms with Gasteiger partial charge in [0.05, 0.1) is 7.11 Å². The van der Waals surface area contributed by atoms with Gasteiger partial charge in [-0.3, -0.25) is 4.79 Å². The molecule has 0 saturated carbocycles. The largest absolute Gasteiger partial charge is 0.493 e. The number of hydrogen-bond acceptors (Lipinski definition) is 4. The number of amides is 1. The number of hydrogen-bond donors (Lipinski definition) is 1. The standard InChI is InChI=1S/C17H22N2O3/c1-19-8-6-12(7-9-19)11-18-17(20)15-10-13-4-3-5-14(21-2)16(13)22-15/h3-5,10,12H,6-9,11H2,1-2H3,(H,18,20). The molecule has 2 aromatic rings. The fourth-order valence-corrected chi connectivity index (χ4v) is 2.90. The molecule has 0 atom stereocenters. The molecule has 0 bridgehead atoms. The molecule has 5 nitrogen and oxygen atoms in total. The fraction of sp³-hybridized carbons (Fsp3) is 0.471. The Bertz CT molecular complexity index is 657. The van der Waals surface area contributed by atoms with Crippen molar-refractivity contribution in [3.05, 3.63) is 30.0 Å². The van der Waals surface area contributed by atoms with Crippen LogP contribution in [0.25, 0.3) is 11.0 Å². The van der Waals surface area contributed by atoms with Gasteiger partial charge >= 0.3 is 0 Å². The molecule has 1 aromatic carbocycles. The molecule has 118 valence electrons. The van der Waals surface area contributed by atoms with Gasteiger partial charge in [-0.15, -0.1) is 0 Å². The molecule has 2 heterocycles. The first-order chi connectivity index (χ1) is 10.7. The number of para-hydroxylation sites is 1. The van der Waals surface area contributed by atoms with E-state index >= 15 is 0 Å². The van der Waals surface area contributed by atoms with Crippen LogP contribution in [0.15, 0.2) is 28.7 Å². The lowest BCUT2D eigenvalue weighted by Crippen LogP contribution is -2.36. The topological polar surface area (TPSA) is 54.7 Å². The number of fused-ring (bicyclic) bond motifs is 1. The van der Waals surface area contributed by atoms with E-state index in [1.165, 1.54) is 0 Å². The average Bonchev–Trinajstić information content (AvgIpc) is 2.98. The second-order valence-electron chi connectivity index (χ2n) is 5.95. The number of carbonyl (C=O) groups is 1. The summed E-state index contributed by atoms with van der Waals surface area (Å²) in [4.78, 5) is 14.6.